The van der Waals surface area contributed by atoms with Crippen LogP contribution < -0.4 is 5.73 Å². The van der Waals surface area contributed by atoms with E-state index >= 15 is 0 Å². The highest BCUT2D eigenvalue weighted by molar-refractivity contribution is 5.70. The largest absolute Gasteiger partial charge is 0.469 e. The van der Waals surface area contributed by atoms with Gasteiger partial charge in [-0.05, 0) is 32.4 Å². The minimum absolute atomic E-state index is 0.171. The lowest BCUT2D eigenvalue weighted by Crippen LogP contribution is -2.40. The maximum atomic E-state index is 11.4. The maximum Gasteiger partial charge on any atom is 0.306 e. The molecule has 0 aliphatic heterocycles. The summed E-state index contributed by atoms with van der Waals surface area (Å²) in [5.41, 5.74) is 6.55. The lowest BCUT2D eigenvalue weighted by Gasteiger charge is -2.28. The van der Waals surface area contributed by atoms with Crippen LogP contribution in [0.4, 0.5) is 0 Å². The van der Waals surface area contributed by atoms with Crippen molar-refractivity contribution in [3.63, 3.8) is 0 Å². The standard InChI is InChI=1S/C12H19NO3/c1-8-5-6-16-11(8)9(12(2,3)13)7-10(14)15-4/h5-6,9H,7,13H2,1-4H3. The summed E-state index contributed by atoms with van der Waals surface area (Å²) in [6.45, 7) is 5.69. The average molecular weight is 225 g/mol. The molecule has 1 unspecified atom stereocenters. The normalized spacial score (nSPS) is 13.6. The van der Waals surface area contributed by atoms with Crippen LogP contribution in [0.2, 0.25) is 0 Å². The molecule has 2 N–H and O–H groups in total. The van der Waals surface area contributed by atoms with Crippen LogP contribution in [-0.4, -0.2) is 18.6 Å². The van der Waals surface area contributed by atoms with Gasteiger partial charge in [0.25, 0.3) is 0 Å². The molecule has 1 aromatic rings. The zero-order chi connectivity index (χ0) is 12.3. The summed E-state index contributed by atoms with van der Waals surface area (Å²) in [4.78, 5) is 11.4. The Balaban J connectivity index is 2.98. The molecular weight excluding hydrogens is 206 g/mol. The second-order valence-electron chi connectivity index (χ2n) is 4.62. The van der Waals surface area contributed by atoms with Crippen LogP contribution in [0.15, 0.2) is 16.7 Å². The number of carbonyl (C=O) groups excluding carboxylic acids is 1. The van der Waals surface area contributed by atoms with Crippen LogP contribution in [0.25, 0.3) is 0 Å². The third kappa shape index (κ3) is 2.85. The molecule has 0 aliphatic carbocycles. The Bertz CT molecular complexity index is 363. The van der Waals surface area contributed by atoms with Crippen molar-refractivity contribution >= 4 is 5.97 Å². The summed E-state index contributed by atoms with van der Waals surface area (Å²) in [5, 5.41) is 0. The van der Waals surface area contributed by atoms with E-state index in [9.17, 15) is 4.79 Å². The highest BCUT2D eigenvalue weighted by Gasteiger charge is 2.32. The summed E-state index contributed by atoms with van der Waals surface area (Å²) in [6.07, 6.45) is 1.84. The van der Waals surface area contributed by atoms with Crippen molar-refractivity contribution in [1.29, 1.82) is 0 Å². The summed E-state index contributed by atoms with van der Waals surface area (Å²) in [6, 6.07) is 1.87. The molecule has 4 heteroatoms. The fourth-order valence-electron chi connectivity index (χ4n) is 1.69. The van der Waals surface area contributed by atoms with Crippen molar-refractivity contribution in [2.75, 3.05) is 7.11 Å². The maximum absolute atomic E-state index is 11.4. The molecule has 0 amide bonds. The van der Waals surface area contributed by atoms with Crippen molar-refractivity contribution in [1.82, 2.24) is 0 Å². The molecule has 0 aliphatic rings. The topological polar surface area (TPSA) is 65.5 Å². The molecule has 1 aromatic heterocycles. The predicted octanol–water partition coefficient (Wildman–Crippen LogP) is 1.97. The van der Waals surface area contributed by atoms with Crippen LogP contribution in [0.3, 0.4) is 0 Å². The van der Waals surface area contributed by atoms with E-state index in [1.807, 2.05) is 26.8 Å². The van der Waals surface area contributed by atoms with E-state index in [1.54, 1.807) is 6.26 Å². The van der Waals surface area contributed by atoms with Gasteiger partial charge < -0.3 is 14.9 Å². The number of rotatable bonds is 4. The number of nitrogens with two attached hydrogens (primary N) is 1. The van der Waals surface area contributed by atoms with Gasteiger partial charge in [0.1, 0.15) is 5.76 Å². The first-order chi connectivity index (χ1) is 7.36. The van der Waals surface area contributed by atoms with Crippen LogP contribution in [0, 0.1) is 6.92 Å². The second-order valence-corrected chi connectivity index (χ2v) is 4.62. The zero-order valence-electron chi connectivity index (χ0n) is 10.2. The average Bonchev–Trinajstić information content (AvgIpc) is 2.58. The molecule has 0 fully saturated rings. The van der Waals surface area contributed by atoms with Gasteiger partial charge in [-0.1, -0.05) is 0 Å². The molecule has 1 heterocycles. The van der Waals surface area contributed by atoms with Gasteiger partial charge in [0.05, 0.1) is 19.8 Å². The van der Waals surface area contributed by atoms with Gasteiger partial charge in [0, 0.05) is 11.5 Å². The first-order valence-electron chi connectivity index (χ1n) is 5.26. The molecule has 0 aromatic carbocycles. The van der Waals surface area contributed by atoms with Gasteiger partial charge in [-0.3, -0.25) is 4.79 Å². The van der Waals surface area contributed by atoms with Crippen LogP contribution in [-0.2, 0) is 9.53 Å². The van der Waals surface area contributed by atoms with Gasteiger partial charge in [0.15, 0.2) is 0 Å². The molecule has 16 heavy (non-hydrogen) atoms. The van der Waals surface area contributed by atoms with E-state index in [0.717, 1.165) is 11.3 Å². The van der Waals surface area contributed by atoms with Crippen LogP contribution in [0.5, 0.6) is 0 Å². The summed E-state index contributed by atoms with van der Waals surface area (Å²) < 4.78 is 10.1. The van der Waals surface area contributed by atoms with Crippen molar-refractivity contribution in [3.05, 3.63) is 23.7 Å². The number of hydrogen-bond acceptors (Lipinski definition) is 4. The summed E-state index contributed by atoms with van der Waals surface area (Å²) >= 11 is 0. The van der Waals surface area contributed by atoms with E-state index in [1.165, 1.54) is 7.11 Å². The summed E-state index contributed by atoms with van der Waals surface area (Å²) in [7, 11) is 1.37. The lowest BCUT2D eigenvalue weighted by molar-refractivity contribution is -0.141. The first-order valence-corrected chi connectivity index (χ1v) is 5.26. The minimum Gasteiger partial charge on any atom is -0.469 e. The van der Waals surface area contributed by atoms with Crippen molar-refractivity contribution in [2.24, 2.45) is 5.73 Å². The van der Waals surface area contributed by atoms with Crippen molar-refractivity contribution in [3.8, 4) is 0 Å². The molecule has 0 spiro atoms. The smallest absolute Gasteiger partial charge is 0.306 e. The quantitative estimate of drug-likeness (QED) is 0.796. The Morgan fingerprint density at radius 3 is 2.62 bits per heavy atom. The number of aryl methyl sites for hydroxylation is 1. The molecule has 1 rings (SSSR count). The SMILES string of the molecule is COC(=O)CC(c1occc1C)C(C)(C)N. The Morgan fingerprint density at radius 1 is 1.62 bits per heavy atom. The van der Waals surface area contributed by atoms with E-state index in [0.29, 0.717) is 0 Å². The molecular formula is C12H19NO3. The fourth-order valence-corrected chi connectivity index (χ4v) is 1.69. The molecule has 90 valence electrons. The highest BCUT2D eigenvalue weighted by Crippen LogP contribution is 2.32. The minimum atomic E-state index is -0.531. The Kier molecular flexibility index (Phi) is 3.75. The molecule has 4 nitrogen and oxygen atoms in total. The number of hydrogen-bond donors (Lipinski definition) is 1. The van der Waals surface area contributed by atoms with Gasteiger partial charge in [-0.25, -0.2) is 0 Å². The van der Waals surface area contributed by atoms with E-state index in [-0.39, 0.29) is 18.3 Å². The molecule has 0 saturated heterocycles. The number of carbonyl (C=O) groups is 1. The van der Waals surface area contributed by atoms with Gasteiger partial charge >= 0.3 is 5.97 Å². The second kappa shape index (κ2) is 4.70. The summed E-state index contributed by atoms with van der Waals surface area (Å²) in [5.74, 6) is 0.312. The molecule has 0 saturated carbocycles. The van der Waals surface area contributed by atoms with E-state index in [2.05, 4.69) is 4.74 Å². The van der Waals surface area contributed by atoms with Gasteiger partial charge in [0.2, 0.25) is 0 Å². The van der Waals surface area contributed by atoms with Gasteiger partial charge in [-0.15, -0.1) is 0 Å². The third-order valence-electron chi connectivity index (χ3n) is 2.71. The van der Waals surface area contributed by atoms with Gasteiger partial charge in [-0.2, -0.15) is 0 Å². The zero-order valence-corrected chi connectivity index (χ0v) is 10.2. The van der Waals surface area contributed by atoms with E-state index < -0.39 is 5.54 Å². The Labute approximate surface area is 95.8 Å². The van der Waals surface area contributed by atoms with Crippen molar-refractivity contribution in [2.45, 2.75) is 38.6 Å². The number of methoxy groups -OCH3 is 1. The predicted molar refractivity (Wildman–Crippen MR) is 61.1 cm³/mol. The Hall–Kier alpha value is -1.29. The monoisotopic (exact) mass is 225 g/mol. The molecule has 0 bridgehead atoms. The van der Waals surface area contributed by atoms with Crippen LogP contribution in [0.1, 0.15) is 37.5 Å². The molecule has 1 atom stereocenters. The van der Waals surface area contributed by atoms with E-state index in [4.69, 9.17) is 10.2 Å². The number of furan rings is 1. The molecule has 0 radical (unpaired) electrons. The number of esters is 1. The van der Waals surface area contributed by atoms with Crippen molar-refractivity contribution < 1.29 is 13.9 Å². The fraction of sp³-hybridized carbons (Fsp3) is 0.583. The number of ether oxygens (including phenoxy) is 1. The first kappa shape index (κ1) is 12.8. The third-order valence-corrected chi connectivity index (χ3v) is 2.71. The van der Waals surface area contributed by atoms with Crippen LogP contribution >= 0.6 is 0 Å². The Morgan fingerprint density at radius 2 is 2.25 bits per heavy atom. The lowest BCUT2D eigenvalue weighted by atomic mass is 9.82. The highest BCUT2D eigenvalue weighted by atomic mass is 16.5.